The summed E-state index contributed by atoms with van der Waals surface area (Å²) in [5, 5.41) is 0. The smallest absolute Gasteiger partial charge is 0.202 e. The maximum Gasteiger partial charge on any atom is 0.453 e. The van der Waals surface area contributed by atoms with Crippen molar-refractivity contribution >= 4 is 35.3 Å². The number of halogens is 18. The molecule has 0 saturated heterocycles. The zero-order chi connectivity index (χ0) is 33.3. The quantitative estimate of drug-likeness (QED) is 0.0930. The van der Waals surface area contributed by atoms with E-state index in [0.29, 0.717) is 0 Å². The third-order valence-corrected chi connectivity index (χ3v) is 8.57. The Kier molecular flexibility index (Phi) is 11.9. The van der Waals surface area contributed by atoms with Gasteiger partial charge >= 0.3 is 24.2 Å². The Morgan fingerprint density at radius 1 is 0.372 bits per heavy atom. The molecule has 2 aromatic carbocycles. The largest absolute Gasteiger partial charge is 0.453 e. The Morgan fingerprint density at radius 3 is 0.837 bits per heavy atom. The van der Waals surface area contributed by atoms with Crippen molar-refractivity contribution < 1.29 is 79.0 Å². The maximum atomic E-state index is 14.5. The molecule has 0 unspecified atom stereocenters. The molecule has 0 spiro atoms. The average molecular weight is 715 g/mol. The van der Waals surface area contributed by atoms with Gasteiger partial charge in [0.2, 0.25) is 0 Å². The highest BCUT2D eigenvalue weighted by Gasteiger charge is 2.57. The summed E-state index contributed by atoms with van der Waals surface area (Å²) in [6.07, 6.45) is -17.7. The molecule has 0 bridgehead atoms. The lowest BCUT2D eigenvalue weighted by molar-refractivity contribution is -0.284. The van der Waals surface area contributed by atoms with E-state index in [4.69, 9.17) is 0 Å². The Morgan fingerprint density at radius 2 is 0.605 bits per heavy atom. The van der Waals surface area contributed by atoms with Crippen molar-refractivity contribution in [1.82, 2.24) is 0 Å². The molecule has 0 amide bonds. The summed E-state index contributed by atoms with van der Waals surface area (Å²) < 4.78 is 240. The lowest BCUT2D eigenvalue weighted by Crippen LogP contribution is -2.36. The molecule has 0 fully saturated rings. The third kappa shape index (κ3) is 8.29. The van der Waals surface area contributed by atoms with Crippen LogP contribution in [0.4, 0.5) is 79.0 Å². The normalized spacial score (nSPS) is 13.3. The maximum absolute atomic E-state index is 14.5. The molecule has 0 N–H and O–H groups in total. The molecule has 2 rings (SSSR count). The van der Waals surface area contributed by atoms with Crippen LogP contribution in [0, 0.1) is 46.5 Å². The first-order valence-electron chi connectivity index (χ1n) is 11.0. The van der Waals surface area contributed by atoms with E-state index in [9.17, 15) is 79.0 Å². The van der Waals surface area contributed by atoms with E-state index in [2.05, 4.69) is 0 Å². The molecule has 0 nitrogen and oxygen atoms in total. The molecule has 43 heavy (non-hydrogen) atoms. The van der Waals surface area contributed by atoms with Crippen molar-refractivity contribution in [3.63, 3.8) is 0 Å². The molecule has 2 aromatic rings. The predicted molar refractivity (Wildman–Crippen MR) is 119 cm³/mol. The topological polar surface area (TPSA) is 0 Å². The molecule has 21 heteroatoms. The number of thioether (sulfide) groups is 2. The highest BCUT2D eigenvalue weighted by molar-refractivity contribution is 8.00. The van der Waals surface area contributed by atoms with E-state index in [-0.39, 0.29) is 23.5 Å². The van der Waals surface area contributed by atoms with E-state index >= 15 is 0 Å². The summed E-state index contributed by atoms with van der Waals surface area (Å²) in [5.74, 6) is -31.0. The van der Waals surface area contributed by atoms with Gasteiger partial charge < -0.3 is 0 Å². The monoisotopic (exact) mass is 714 g/mol. The summed E-state index contributed by atoms with van der Waals surface area (Å²) in [5.41, 5.74) is 0. The summed E-state index contributed by atoms with van der Waals surface area (Å²) in [7, 11) is 0. The van der Waals surface area contributed by atoms with E-state index in [1.165, 1.54) is 0 Å². The highest BCUT2D eigenvalue weighted by Crippen LogP contribution is 2.45. The van der Waals surface area contributed by atoms with Crippen LogP contribution in [0.3, 0.4) is 0 Å². The molecule has 0 radical (unpaired) electrons. The van der Waals surface area contributed by atoms with Gasteiger partial charge in [-0.1, -0.05) is 11.8 Å². The van der Waals surface area contributed by atoms with E-state index in [1.807, 2.05) is 0 Å². The number of alkyl halides is 10. The van der Waals surface area contributed by atoms with Crippen LogP contribution in [-0.2, 0) is 0 Å². The van der Waals surface area contributed by atoms with Gasteiger partial charge in [-0.05, 0) is 24.3 Å². The van der Waals surface area contributed by atoms with Crippen LogP contribution < -0.4 is 0 Å². The Hall–Kier alpha value is -1.77. The predicted octanol–water partition coefficient (Wildman–Crippen LogP) is 11.1. The molecule has 0 aliphatic rings. The number of benzene rings is 2. The summed E-state index contributed by atoms with van der Waals surface area (Å²) in [6.45, 7) is 0. The van der Waals surface area contributed by atoms with E-state index in [0.717, 1.165) is 0 Å². The summed E-state index contributed by atoms with van der Waals surface area (Å²) in [4.78, 5) is -6.91. The molecule has 0 atom stereocenters. The molecule has 0 aliphatic carbocycles. The van der Waals surface area contributed by atoms with Crippen molar-refractivity contribution in [2.24, 2.45) is 0 Å². The van der Waals surface area contributed by atoms with Gasteiger partial charge in [0.15, 0.2) is 46.5 Å². The van der Waals surface area contributed by atoms with Crippen molar-refractivity contribution in [3.05, 3.63) is 46.5 Å². The van der Waals surface area contributed by atoms with Gasteiger partial charge in [-0.3, -0.25) is 0 Å². The fourth-order valence-electron chi connectivity index (χ4n) is 2.94. The molecule has 0 saturated carbocycles. The fraction of sp³-hybridized carbons (Fsp3) is 0.455. The zero-order valence-electron chi connectivity index (χ0n) is 20.3. The van der Waals surface area contributed by atoms with Crippen molar-refractivity contribution in [1.29, 1.82) is 0 Å². The van der Waals surface area contributed by atoms with Gasteiger partial charge in [0.05, 0.1) is 19.6 Å². The van der Waals surface area contributed by atoms with Crippen LogP contribution in [-0.4, -0.2) is 35.7 Å². The van der Waals surface area contributed by atoms with E-state index < -0.39 is 139 Å². The van der Waals surface area contributed by atoms with Gasteiger partial charge in [-0.15, -0.1) is 23.5 Å². The lowest BCUT2D eigenvalue weighted by atomic mass is 10.2. The minimum atomic E-state index is -5.94. The Bertz CT molecular complexity index is 1160. The second-order valence-corrected chi connectivity index (χ2v) is 11.5. The molecular weight excluding hydrogens is 702 g/mol. The van der Waals surface area contributed by atoms with Crippen LogP contribution in [0.1, 0.15) is 25.7 Å². The first kappa shape index (κ1) is 37.4. The van der Waals surface area contributed by atoms with Crippen molar-refractivity contribution in [2.45, 2.75) is 69.5 Å². The second-order valence-electron chi connectivity index (χ2n) is 8.24. The SMILES string of the molecule is Fc1c(F)c(Sc2c(F)c(F)c(SCCCC(F)(F)C(F)(F)F)c(F)c2F)c(F)c(F)c1SCCCC(F)(F)C(F)(F)F. The summed E-state index contributed by atoms with van der Waals surface area (Å²) >= 11 is -1.34. The number of hydrogen-bond acceptors (Lipinski definition) is 3. The van der Waals surface area contributed by atoms with Gasteiger partial charge in [0.1, 0.15) is 0 Å². The first-order chi connectivity index (χ1) is 19.5. The molecule has 0 aromatic heterocycles. The van der Waals surface area contributed by atoms with Gasteiger partial charge in [0, 0.05) is 12.8 Å². The molecule has 0 heterocycles. The van der Waals surface area contributed by atoms with Crippen LogP contribution in [0.15, 0.2) is 19.6 Å². The third-order valence-electron chi connectivity index (χ3n) is 5.16. The van der Waals surface area contributed by atoms with E-state index in [1.54, 1.807) is 0 Å². The highest BCUT2D eigenvalue weighted by atomic mass is 32.2. The molecular formula is C22H12F18S3. The zero-order valence-corrected chi connectivity index (χ0v) is 22.7. The average Bonchev–Trinajstić information content (AvgIpc) is 2.88. The van der Waals surface area contributed by atoms with Crippen LogP contribution in [0.25, 0.3) is 0 Å². The van der Waals surface area contributed by atoms with Crippen molar-refractivity contribution in [2.75, 3.05) is 11.5 Å². The second kappa shape index (κ2) is 13.7. The number of hydrogen-bond donors (Lipinski definition) is 0. The molecule has 244 valence electrons. The van der Waals surface area contributed by atoms with Gasteiger partial charge in [0.25, 0.3) is 0 Å². The van der Waals surface area contributed by atoms with Gasteiger partial charge in [-0.25, -0.2) is 35.1 Å². The van der Waals surface area contributed by atoms with Crippen molar-refractivity contribution in [3.8, 4) is 0 Å². The molecule has 0 aliphatic heterocycles. The first-order valence-corrected chi connectivity index (χ1v) is 13.8. The lowest BCUT2D eigenvalue weighted by Gasteiger charge is -2.19. The fourth-order valence-corrected chi connectivity index (χ4v) is 5.71. The van der Waals surface area contributed by atoms with Crippen LogP contribution in [0.5, 0.6) is 0 Å². The Labute approximate surface area is 241 Å². The number of rotatable bonds is 12. The van der Waals surface area contributed by atoms with Gasteiger partial charge in [-0.2, -0.15) is 43.9 Å². The minimum Gasteiger partial charge on any atom is -0.202 e. The summed E-state index contributed by atoms with van der Waals surface area (Å²) in [6, 6.07) is 0. The van der Waals surface area contributed by atoms with Crippen LogP contribution in [0.2, 0.25) is 0 Å². The Balaban J connectivity index is 2.27. The minimum absolute atomic E-state index is 0.227. The standard InChI is InChI=1S/C22H12F18S3/c23-7-11(27)17(12(28)8(24)15(7)41-5-1-3-19(31,32)21(35,36)37)43-18-13(29)9(25)16(10(26)14(18)30)42-6-2-4-20(33,34)22(38,39)40/h1-6H2. The van der Waals surface area contributed by atoms with Crippen LogP contribution >= 0.6 is 35.3 Å².